The minimum Gasteiger partial charge on any atom is -0.497 e. The lowest BCUT2D eigenvalue weighted by molar-refractivity contribution is -0.153. The third-order valence-electron chi connectivity index (χ3n) is 4.48. The lowest BCUT2D eigenvalue weighted by Crippen LogP contribution is -2.28. The molecular weight excluding hydrogens is 337 g/mol. The van der Waals surface area contributed by atoms with Gasteiger partial charge in [0.15, 0.2) is 0 Å². The van der Waals surface area contributed by atoms with Crippen molar-refractivity contribution in [3.8, 4) is 5.75 Å². The van der Waals surface area contributed by atoms with E-state index in [1.807, 2.05) is 0 Å². The van der Waals surface area contributed by atoms with E-state index in [-0.39, 0.29) is 5.56 Å². The Labute approximate surface area is 151 Å². The Morgan fingerprint density at radius 1 is 0.654 bits per heavy atom. The summed E-state index contributed by atoms with van der Waals surface area (Å²) in [6, 6.07) is 23.7. The van der Waals surface area contributed by atoms with Crippen LogP contribution in [0.5, 0.6) is 5.75 Å². The highest BCUT2D eigenvalue weighted by Crippen LogP contribution is 2.48. The van der Waals surface area contributed by atoms with Gasteiger partial charge in [-0.2, -0.15) is 13.2 Å². The van der Waals surface area contributed by atoms with Crippen molar-refractivity contribution in [2.45, 2.75) is 18.0 Å². The molecule has 0 bridgehead atoms. The van der Waals surface area contributed by atoms with Gasteiger partial charge in [0.25, 0.3) is 0 Å². The predicted octanol–water partition coefficient (Wildman–Crippen LogP) is 6.17. The van der Waals surface area contributed by atoms with Gasteiger partial charge in [-0.25, -0.2) is 0 Å². The summed E-state index contributed by atoms with van der Waals surface area (Å²) in [5, 5.41) is 0. The quantitative estimate of drug-likeness (QED) is 0.531. The lowest BCUT2D eigenvalue weighted by atomic mass is 9.76. The summed E-state index contributed by atoms with van der Waals surface area (Å²) in [5.41, 5.74) is 1.48. The van der Waals surface area contributed by atoms with E-state index < -0.39 is 18.0 Å². The lowest BCUT2D eigenvalue weighted by Gasteiger charge is -2.30. The van der Waals surface area contributed by atoms with Gasteiger partial charge in [0.1, 0.15) is 5.75 Å². The molecule has 2 atom stereocenters. The molecule has 0 heterocycles. The number of hydrogen-bond acceptors (Lipinski definition) is 1. The van der Waals surface area contributed by atoms with Crippen LogP contribution in [0.1, 0.15) is 28.5 Å². The van der Waals surface area contributed by atoms with Crippen LogP contribution in [0.3, 0.4) is 0 Å². The highest BCUT2D eigenvalue weighted by atomic mass is 19.4. The van der Waals surface area contributed by atoms with Crippen LogP contribution in [0.4, 0.5) is 13.2 Å². The monoisotopic (exact) mass is 356 g/mol. The molecule has 0 N–H and O–H groups in total. The molecule has 3 aromatic carbocycles. The zero-order chi connectivity index (χ0) is 18.6. The molecule has 134 valence electrons. The molecule has 0 aliphatic rings. The zero-order valence-electron chi connectivity index (χ0n) is 14.3. The van der Waals surface area contributed by atoms with E-state index in [4.69, 9.17) is 4.74 Å². The number of rotatable bonds is 5. The second-order valence-electron chi connectivity index (χ2n) is 6.09. The van der Waals surface area contributed by atoms with Crippen LogP contribution in [-0.4, -0.2) is 13.3 Å². The van der Waals surface area contributed by atoms with Crippen LogP contribution < -0.4 is 4.74 Å². The Kier molecular flexibility index (Phi) is 5.31. The van der Waals surface area contributed by atoms with Crippen LogP contribution in [0, 0.1) is 0 Å². The minimum absolute atomic E-state index is 0.254. The van der Waals surface area contributed by atoms with Crippen LogP contribution in [-0.2, 0) is 0 Å². The van der Waals surface area contributed by atoms with Gasteiger partial charge in [-0.05, 0) is 28.8 Å². The Bertz CT molecular complexity index is 812. The van der Waals surface area contributed by atoms with E-state index in [2.05, 4.69) is 0 Å². The van der Waals surface area contributed by atoms with Crippen LogP contribution >= 0.6 is 0 Å². The number of halogens is 3. The van der Waals surface area contributed by atoms with Gasteiger partial charge in [0, 0.05) is 5.92 Å². The van der Waals surface area contributed by atoms with Gasteiger partial charge in [0.2, 0.25) is 0 Å². The average Bonchev–Trinajstić information content (AvgIpc) is 2.66. The third-order valence-corrected chi connectivity index (χ3v) is 4.48. The maximum atomic E-state index is 14.1. The van der Waals surface area contributed by atoms with Crippen LogP contribution in [0.2, 0.25) is 0 Å². The fourth-order valence-electron chi connectivity index (χ4n) is 3.28. The summed E-state index contributed by atoms with van der Waals surface area (Å²) >= 11 is 0. The topological polar surface area (TPSA) is 9.23 Å². The normalized spacial score (nSPS) is 13.8. The molecule has 2 unspecified atom stereocenters. The Morgan fingerprint density at radius 2 is 1.12 bits per heavy atom. The number of methoxy groups -OCH3 is 1. The second kappa shape index (κ2) is 7.65. The molecule has 3 rings (SSSR count). The van der Waals surface area contributed by atoms with Crippen molar-refractivity contribution in [2.75, 3.05) is 7.11 Å². The number of ether oxygens (including phenoxy) is 1. The molecule has 0 saturated heterocycles. The van der Waals surface area contributed by atoms with Crippen molar-refractivity contribution in [3.05, 3.63) is 102 Å². The predicted molar refractivity (Wildman–Crippen MR) is 96.5 cm³/mol. The summed E-state index contributed by atoms with van der Waals surface area (Å²) in [6.07, 6.45) is -4.39. The smallest absolute Gasteiger partial charge is 0.396 e. The van der Waals surface area contributed by atoms with E-state index in [0.29, 0.717) is 16.9 Å². The van der Waals surface area contributed by atoms with Crippen molar-refractivity contribution >= 4 is 0 Å². The van der Waals surface area contributed by atoms with E-state index in [1.54, 1.807) is 72.8 Å². The highest BCUT2D eigenvalue weighted by molar-refractivity contribution is 5.41. The van der Waals surface area contributed by atoms with Crippen molar-refractivity contribution in [1.29, 1.82) is 0 Å². The van der Waals surface area contributed by atoms with Gasteiger partial charge >= 0.3 is 6.18 Å². The fraction of sp³-hybridized carbons (Fsp3) is 0.182. The van der Waals surface area contributed by atoms with E-state index >= 15 is 0 Å². The third kappa shape index (κ3) is 3.90. The van der Waals surface area contributed by atoms with Crippen molar-refractivity contribution < 1.29 is 17.9 Å². The van der Waals surface area contributed by atoms with Crippen LogP contribution in [0.15, 0.2) is 84.9 Å². The Balaban J connectivity index is 2.17. The summed E-state index contributed by atoms with van der Waals surface area (Å²) in [6.45, 7) is 0. The Hall–Kier alpha value is -2.75. The average molecular weight is 356 g/mol. The number of alkyl halides is 3. The second-order valence-corrected chi connectivity index (χ2v) is 6.09. The molecule has 0 aromatic heterocycles. The van der Waals surface area contributed by atoms with E-state index in [1.165, 1.54) is 19.2 Å². The summed E-state index contributed by atoms with van der Waals surface area (Å²) in [5.74, 6) is -1.87. The van der Waals surface area contributed by atoms with Crippen molar-refractivity contribution in [3.63, 3.8) is 0 Å². The first-order valence-corrected chi connectivity index (χ1v) is 8.31. The largest absolute Gasteiger partial charge is 0.497 e. The van der Waals surface area contributed by atoms with Gasteiger partial charge in [-0.1, -0.05) is 72.8 Å². The molecule has 0 amide bonds. The van der Waals surface area contributed by atoms with Gasteiger partial charge in [-0.3, -0.25) is 0 Å². The SMILES string of the molecule is COc1ccc(C(c2ccccc2)C(c2ccccc2)C(F)(F)F)cc1. The molecule has 0 spiro atoms. The number of hydrogen-bond donors (Lipinski definition) is 0. The first-order valence-electron chi connectivity index (χ1n) is 8.31. The fourth-order valence-corrected chi connectivity index (χ4v) is 3.28. The summed E-state index contributed by atoms with van der Waals surface area (Å²) < 4.78 is 47.6. The first-order chi connectivity index (χ1) is 12.5. The molecule has 3 aromatic rings. The molecule has 0 saturated carbocycles. The number of benzene rings is 3. The highest BCUT2D eigenvalue weighted by Gasteiger charge is 2.46. The maximum absolute atomic E-state index is 14.1. The minimum atomic E-state index is -4.39. The molecule has 0 fully saturated rings. The zero-order valence-corrected chi connectivity index (χ0v) is 14.3. The Morgan fingerprint density at radius 3 is 1.58 bits per heavy atom. The van der Waals surface area contributed by atoms with E-state index in [9.17, 15) is 13.2 Å². The molecule has 1 nitrogen and oxygen atoms in total. The molecule has 0 aliphatic carbocycles. The molecular formula is C22H19F3O. The van der Waals surface area contributed by atoms with E-state index in [0.717, 1.165) is 0 Å². The van der Waals surface area contributed by atoms with Gasteiger partial charge < -0.3 is 4.74 Å². The first kappa shape index (κ1) is 18.1. The molecule has 26 heavy (non-hydrogen) atoms. The van der Waals surface area contributed by atoms with Crippen molar-refractivity contribution in [2.24, 2.45) is 0 Å². The molecule has 0 aliphatic heterocycles. The summed E-state index contributed by atoms with van der Waals surface area (Å²) in [4.78, 5) is 0. The van der Waals surface area contributed by atoms with Crippen molar-refractivity contribution in [1.82, 2.24) is 0 Å². The molecule has 0 radical (unpaired) electrons. The standard InChI is InChI=1S/C22H19F3O/c1-26-19-14-12-17(13-15-19)20(16-8-4-2-5-9-16)21(22(23,24)25)18-10-6-3-7-11-18/h2-15,20-21H,1H3. The molecule has 4 heteroatoms. The van der Waals surface area contributed by atoms with Gasteiger partial charge in [0.05, 0.1) is 13.0 Å². The summed E-state index contributed by atoms with van der Waals surface area (Å²) in [7, 11) is 1.53. The maximum Gasteiger partial charge on any atom is 0.396 e. The van der Waals surface area contributed by atoms with Crippen LogP contribution in [0.25, 0.3) is 0 Å². The van der Waals surface area contributed by atoms with Gasteiger partial charge in [-0.15, -0.1) is 0 Å².